The van der Waals surface area contributed by atoms with Crippen molar-refractivity contribution in [2.75, 3.05) is 31.7 Å². The second kappa shape index (κ2) is 6.91. The van der Waals surface area contributed by atoms with Crippen molar-refractivity contribution in [1.29, 1.82) is 5.41 Å². The number of benzene rings is 1. The molecule has 0 bridgehead atoms. The van der Waals surface area contributed by atoms with Crippen LogP contribution in [0, 0.1) is 5.41 Å². The number of anilines is 1. The molecule has 4 heteroatoms. The largest absolute Gasteiger partial charge is 0.384 e. The molecule has 0 heterocycles. The molecule has 0 saturated carbocycles. The Bertz CT molecular complexity index is 365. The molecule has 0 aliphatic carbocycles. The highest BCUT2D eigenvalue weighted by molar-refractivity contribution is 6.00. The second-order valence-electron chi connectivity index (χ2n) is 3.96. The average molecular weight is 235 g/mol. The minimum Gasteiger partial charge on any atom is -0.384 e. The van der Waals surface area contributed by atoms with E-state index in [1.165, 1.54) is 0 Å². The molecule has 0 radical (unpaired) electrons. The van der Waals surface area contributed by atoms with E-state index in [0.29, 0.717) is 6.61 Å². The predicted octanol–water partition coefficient (Wildman–Crippen LogP) is 1.83. The maximum atomic E-state index is 7.53. The number of hydrogen-bond acceptors (Lipinski definition) is 3. The number of ether oxygens (including phenoxy) is 1. The maximum absolute atomic E-state index is 7.53. The molecule has 0 aliphatic heterocycles. The Hall–Kier alpha value is -1.55. The zero-order valence-corrected chi connectivity index (χ0v) is 10.6. The van der Waals surface area contributed by atoms with E-state index in [9.17, 15) is 0 Å². The van der Waals surface area contributed by atoms with Gasteiger partial charge < -0.3 is 15.4 Å². The number of hydrogen-bond donors (Lipinski definition) is 2. The molecule has 0 aromatic heterocycles. The highest BCUT2D eigenvalue weighted by atomic mass is 16.5. The molecule has 0 saturated heterocycles. The van der Waals surface area contributed by atoms with Crippen LogP contribution in [-0.2, 0) is 4.74 Å². The summed E-state index contributed by atoms with van der Waals surface area (Å²) in [6, 6.07) is 7.67. The van der Waals surface area contributed by atoms with Gasteiger partial charge in [-0.1, -0.05) is 19.1 Å². The zero-order valence-electron chi connectivity index (χ0n) is 10.6. The molecular weight excluding hydrogens is 214 g/mol. The summed E-state index contributed by atoms with van der Waals surface area (Å²) in [7, 11) is 1.98. The first-order valence-electron chi connectivity index (χ1n) is 5.89. The first-order chi connectivity index (χ1) is 8.16. The van der Waals surface area contributed by atoms with E-state index in [-0.39, 0.29) is 5.84 Å². The van der Waals surface area contributed by atoms with Gasteiger partial charge in [-0.2, -0.15) is 0 Å². The standard InChI is InChI=1S/C13H21N3O/c1-3-9-17-10-8-16(2)12-7-5-4-6-11(12)13(14)15/h4-7H,3,8-10H2,1-2H3,(H3,14,15). The minimum atomic E-state index is 0.0990. The number of nitrogens with one attached hydrogen (secondary N) is 1. The van der Waals surface area contributed by atoms with Crippen molar-refractivity contribution < 1.29 is 4.74 Å². The van der Waals surface area contributed by atoms with Crippen LogP contribution in [0.15, 0.2) is 24.3 Å². The summed E-state index contributed by atoms with van der Waals surface area (Å²) in [6.07, 6.45) is 1.04. The van der Waals surface area contributed by atoms with E-state index in [1.807, 2.05) is 31.3 Å². The molecule has 0 aliphatic rings. The van der Waals surface area contributed by atoms with Crippen molar-refractivity contribution in [1.82, 2.24) is 0 Å². The molecule has 1 rings (SSSR count). The van der Waals surface area contributed by atoms with Gasteiger partial charge >= 0.3 is 0 Å². The first kappa shape index (κ1) is 13.5. The minimum absolute atomic E-state index is 0.0990. The summed E-state index contributed by atoms with van der Waals surface area (Å²) in [4.78, 5) is 2.06. The SMILES string of the molecule is CCCOCCN(C)c1ccccc1C(=N)N. The number of amidine groups is 1. The number of nitrogen functional groups attached to an aromatic ring is 1. The zero-order chi connectivity index (χ0) is 12.7. The van der Waals surface area contributed by atoms with Gasteiger partial charge in [0.25, 0.3) is 0 Å². The molecule has 1 aromatic rings. The van der Waals surface area contributed by atoms with Crippen LogP contribution in [0.25, 0.3) is 0 Å². The Balaban J connectivity index is 2.62. The lowest BCUT2D eigenvalue weighted by Gasteiger charge is -2.21. The molecule has 0 atom stereocenters. The lowest BCUT2D eigenvalue weighted by molar-refractivity contribution is 0.141. The molecule has 3 N–H and O–H groups in total. The Morgan fingerprint density at radius 2 is 2.06 bits per heavy atom. The molecular formula is C13H21N3O. The number of likely N-dealkylation sites (N-methyl/N-ethyl adjacent to an activating group) is 1. The van der Waals surface area contributed by atoms with Crippen LogP contribution in [0.2, 0.25) is 0 Å². The fourth-order valence-corrected chi connectivity index (χ4v) is 1.60. The first-order valence-corrected chi connectivity index (χ1v) is 5.89. The molecule has 17 heavy (non-hydrogen) atoms. The molecule has 0 unspecified atom stereocenters. The van der Waals surface area contributed by atoms with Gasteiger partial charge in [-0.25, -0.2) is 0 Å². The molecule has 0 fully saturated rings. The third kappa shape index (κ3) is 4.07. The summed E-state index contributed by atoms with van der Waals surface area (Å²) in [5.74, 6) is 0.0990. The van der Waals surface area contributed by atoms with Crippen molar-refractivity contribution >= 4 is 11.5 Å². The summed E-state index contributed by atoms with van der Waals surface area (Å²) in [5.41, 5.74) is 7.30. The van der Waals surface area contributed by atoms with Crippen LogP contribution in [0.1, 0.15) is 18.9 Å². The molecule has 4 nitrogen and oxygen atoms in total. The summed E-state index contributed by atoms with van der Waals surface area (Å²) >= 11 is 0. The van der Waals surface area contributed by atoms with Gasteiger partial charge in [0, 0.05) is 31.5 Å². The van der Waals surface area contributed by atoms with Gasteiger partial charge in [-0.15, -0.1) is 0 Å². The number of rotatable bonds is 7. The van der Waals surface area contributed by atoms with Crippen LogP contribution >= 0.6 is 0 Å². The van der Waals surface area contributed by atoms with Crippen molar-refractivity contribution in [2.24, 2.45) is 5.73 Å². The van der Waals surface area contributed by atoms with Crippen molar-refractivity contribution in [2.45, 2.75) is 13.3 Å². The topological polar surface area (TPSA) is 62.3 Å². The Kier molecular flexibility index (Phi) is 5.49. The Morgan fingerprint density at radius 1 is 1.35 bits per heavy atom. The molecule has 0 amide bonds. The Morgan fingerprint density at radius 3 is 2.71 bits per heavy atom. The number of nitrogens with zero attached hydrogens (tertiary/aromatic N) is 1. The number of nitrogens with two attached hydrogens (primary N) is 1. The average Bonchev–Trinajstić information content (AvgIpc) is 2.34. The molecule has 1 aromatic carbocycles. The van der Waals surface area contributed by atoms with Gasteiger partial charge in [-0.05, 0) is 18.6 Å². The lowest BCUT2D eigenvalue weighted by Crippen LogP contribution is -2.26. The lowest BCUT2D eigenvalue weighted by atomic mass is 10.1. The van der Waals surface area contributed by atoms with Crippen LogP contribution in [0.5, 0.6) is 0 Å². The van der Waals surface area contributed by atoms with Gasteiger partial charge in [0.1, 0.15) is 5.84 Å². The van der Waals surface area contributed by atoms with Crippen LogP contribution in [0.3, 0.4) is 0 Å². The summed E-state index contributed by atoms with van der Waals surface area (Å²) in [6.45, 7) is 4.37. The van der Waals surface area contributed by atoms with E-state index in [1.54, 1.807) is 0 Å². The normalized spacial score (nSPS) is 10.2. The number of para-hydroxylation sites is 1. The third-order valence-electron chi connectivity index (χ3n) is 2.52. The highest BCUT2D eigenvalue weighted by Crippen LogP contribution is 2.18. The maximum Gasteiger partial charge on any atom is 0.124 e. The predicted molar refractivity (Wildman–Crippen MR) is 71.8 cm³/mol. The summed E-state index contributed by atoms with van der Waals surface area (Å²) in [5, 5.41) is 7.53. The van der Waals surface area contributed by atoms with Gasteiger partial charge in [0.2, 0.25) is 0 Å². The van der Waals surface area contributed by atoms with E-state index in [4.69, 9.17) is 15.9 Å². The van der Waals surface area contributed by atoms with E-state index in [2.05, 4.69) is 11.8 Å². The van der Waals surface area contributed by atoms with Gasteiger partial charge in [0.05, 0.1) is 6.61 Å². The van der Waals surface area contributed by atoms with E-state index < -0.39 is 0 Å². The second-order valence-corrected chi connectivity index (χ2v) is 3.96. The van der Waals surface area contributed by atoms with Crippen LogP contribution in [-0.4, -0.2) is 32.6 Å². The fraction of sp³-hybridized carbons (Fsp3) is 0.462. The Labute approximate surface area is 103 Å². The highest BCUT2D eigenvalue weighted by Gasteiger charge is 2.08. The van der Waals surface area contributed by atoms with Crippen molar-refractivity contribution in [3.63, 3.8) is 0 Å². The quantitative estimate of drug-likeness (QED) is 0.430. The third-order valence-corrected chi connectivity index (χ3v) is 2.52. The molecule has 0 spiro atoms. The van der Waals surface area contributed by atoms with Gasteiger partial charge in [-0.3, -0.25) is 5.41 Å². The van der Waals surface area contributed by atoms with Crippen LogP contribution in [0.4, 0.5) is 5.69 Å². The van der Waals surface area contributed by atoms with Gasteiger partial charge in [0.15, 0.2) is 0 Å². The van der Waals surface area contributed by atoms with E-state index >= 15 is 0 Å². The monoisotopic (exact) mass is 235 g/mol. The van der Waals surface area contributed by atoms with Crippen molar-refractivity contribution in [3.8, 4) is 0 Å². The summed E-state index contributed by atoms with van der Waals surface area (Å²) < 4.78 is 5.45. The van der Waals surface area contributed by atoms with E-state index in [0.717, 1.165) is 30.8 Å². The molecule has 94 valence electrons. The smallest absolute Gasteiger partial charge is 0.124 e. The van der Waals surface area contributed by atoms with Crippen LogP contribution < -0.4 is 10.6 Å². The van der Waals surface area contributed by atoms with Crippen molar-refractivity contribution in [3.05, 3.63) is 29.8 Å². The fourth-order valence-electron chi connectivity index (χ4n) is 1.60.